The van der Waals surface area contributed by atoms with Gasteiger partial charge in [-0.3, -0.25) is 4.79 Å². The lowest BCUT2D eigenvalue weighted by molar-refractivity contribution is -0.122. The maximum atomic E-state index is 11.6. The molecule has 16 heavy (non-hydrogen) atoms. The summed E-state index contributed by atoms with van der Waals surface area (Å²) in [5.41, 5.74) is 0. The summed E-state index contributed by atoms with van der Waals surface area (Å²) in [5.74, 6) is 1.75. The van der Waals surface area contributed by atoms with E-state index in [1.807, 2.05) is 11.8 Å². The Morgan fingerprint density at radius 3 is 3.12 bits per heavy atom. The molecule has 1 aliphatic heterocycles. The fourth-order valence-electron chi connectivity index (χ4n) is 1.68. The van der Waals surface area contributed by atoms with Crippen LogP contribution in [0.4, 0.5) is 0 Å². The SMILES string of the molecule is CSCC(C)CNC(=O)CC1COCCN1. The van der Waals surface area contributed by atoms with Crippen LogP contribution in [0.5, 0.6) is 0 Å². The van der Waals surface area contributed by atoms with E-state index in [-0.39, 0.29) is 11.9 Å². The summed E-state index contributed by atoms with van der Waals surface area (Å²) >= 11 is 1.81. The third-order valence-electron chi connectivity index (χ3n) is 2.53. The summed E-state index contributed by atoms with van der Waals surface area (Å²) < 4.78 is 5.30. The predicted octanol–water partition coefficient (Wildman–Crippen LogP) is 0.480. The van der Waals surface area contributed by atoms with Crippen molar-refractivity contribution in [1.82, 2.24) is 10.6 Å². The van der Waals surface area contributed by atoms with Gasteiger partial charge in [0, 0.05) is 25.6 Å². The zero-order chi connectivity index (χ0) is 11.8. The number of ether oxygens (including phenoxy) is 1. The van der Waals surface area contributed by atoms with E-state index < -0.39 is 0 Å². The Kier molecular flexibility index (Phi) is 6.84. The number of morpholine rings is 1. The molecule has 0 saturated carbocycles. The molecule has 0 aromatic rings. The third kappa shape index (κ3) is 5.72. The molecule has 1 saturated heterocycles. The van der Waals surface area contributed by atoms with Gasteiger partial charge in [0.2, 0.25) is 5.91 Å². The summed E-state index contributed by atoms with van der Waals surface area (Å²) in [7, 11) is 0. The fourth-order valence-corrected chi connectivity index (χ4v) is 2.37. The smallest absolute Gasteiger partial charge is 0.221 e. The zero-order valence-electron chi connectivity index (χ0n) is 10.1. The summed E-state index contributed by atoms with van der Waals surface area (Å²) in [4.78, 5) is 11.6. The van der Waals surface area contributed by atoms with Crippen molar-refractivity contribution in [2.75, 3.05) is 38.3 Å². The van der Waals surface area contributed by atoms with Crippen LogP contribution in [0.1, 0.15) is 13.3 Å². The van der Waals surface area contributed by atoms with Crippen molar-refractivity contribution in [2.45, 2.75) is 19.4 Å². The van der Waals surface area contributed by atoms with Gasteiger partial charge in [-0.1, -0.05) is 6.92 Å². The number of nitrogens with one attached hydrogen (secondary N) is 2. The average molecular weight is 246 g/mol. The molecule has 2 atom stereocenters. The van der Waals surface area contributed by atoms with Crippen LogP contribution < -0.4 is 10.6 Å². The Hall–Kier alpha value is -0.260. The van der Waals surface area contributed by atoms with Crippen LogP contribution in [0.3, 0.4) is 0 Å². The highest BCUT2D eigenvalue weighted by atomic mass is 32.2. The van der Waals surface area contributed by atoms with Crippen LogP contribution in [-0.4, -0.2) is 50.3 Å². The first-order chi connectivity index (χ1) is 7.72. The van der Waals surface area contributed by atoms with E-state index >= 15 is 0 Å². The topological polar surface area (TPSA) is 50.4 Å². The number of carbonyl (C=O) groups excluding carboxylic acids is 1. The van der Waals surface area contributed by atoms with Gasteiger partial charge in [-0.05, 0) is 17.9 Å². The number of thioether (sulfide) groups is 1. The van der Waals surface area contributed by atoms with E-state index in [9.17, 15) is 4.79 Å². The summed E-state index contributed by atoms with van der Waals surface area (Å²) in [5, 5.41) is 6.24. The van der Waals surface area contributed by atoms with Crippen molar-refractivity contribution in [1.29, 1.82) is 0 Å². The number of carbonyl (C=O) groups is 1. The first kappa shape index (κ1) is 13.8. The molecule has 1 amide bonds. The van der Waals surface area contributed by atoms with Crippen molar-refractivity contribution < 1.29 is 9.53 Å². The predicted molar refractivity (Wildman–Crippen MR) is 67.8 cm³/mol. The van der Waals surface area contributed by atoms with E-state index in [1.54, 1.807) is 0 Å². The van der Waals surface area contributed by atoms with Gasteiger partial charge >= 0.3 is 0 Å². The monoisotopic (exact) mass is 246 g/mol. The second kappa shape index (κ2) is 7.92. The van der Waals surface area contributed by atoms with Crippen LogP contribution in [0, 0.1) is 5.92 Å². The van der Waals surface area contributed by atoms with E-state index in [0.717, 1.165) is 25.4 Å². The van der Waals surface area contributed by atoms with E-state index in [4.69, 9.17) is 4.74 Å². The Morgan fingerprint density at radius 1 is 1.69 bits per heavy atom. The molecule has 0 aliphatic carbocycles. The minimum Gasteiger partial charge on any atom is -0.378 e. The van der Waals surface area contributed by atoms with Gasteiger partial charge in [-0.25, -0.2) is 0 Å². The van der Waals surface area contributed by atoms with Gasteiger partial charge < -0.3 is 15.4 Å². The largest absolute Gasteiger partial charge is 0.378 e. The number of rotatable bonds is 6. The maximum absolute atomic E-state index is 11.6. The molecule has 4 nitrogen and oxygen atoms in total. The van der Waals surface area contributed by atoms with Crippen molar-refractivity contribution in [3.05, 3.63) is 0 Å². The molecular weight excluding hydrogens is 224 g/mol. The lowest BCUT2D eigenvalue weighted by Crippen LogP contribution is -2.44. The third-order valence-corrected chi connectivity index (χ3v) is 3.43. The second-order valence-corrected chi connectivity index (χ2v) is 5.21. The molecule has 0 bridgehead atoms. The molecule has 0 spiro atoms. The first-order valence-corrected chi connectivity index (χ1v) is 7.18. The van der Waals surface area contributed by atoms with E-state index in [2.05, 4.69) is 23.8 Å². The van der Waals surface area contributed by atoms with E-state index in [1.165, 1.54) is 0 Å². The normalized spacial score (nSPS) is 22.8. The number of hydrogen-bond donors (Lipinski definition) is 2. The maximum Gasteiger partial charge on any atom is 0.221 e. The van der Waals surface area contributed by atoms with Gasteiger partial charge in [0.15, 0.2) is 0 Å². The Balaban J connectivity index is 2.10. The van der Waals surface area contributed by atoms with Crippen molar-refractivity contribution in [3.8, 4) is 0 Å². The van der Waals surface area contributed by atoms with Crippen molar-refractivity contribution in [3.63, 3.8) is 0 Å². The molecule has 0 aromatic carbocycles. The Bertz CT molecular complexity index is 208. The minimum atomic E-state index is 0.121. The van der Waals surface area contributed by atoms with E-state index in [0.29, 0.717) is 18.9 Å². The molecule has 0 aromatic heterocycles. The van der Waals surface area contributed by atoms with Crippen molar-refractivity contribution >= 4 is 17.7 Å². The van der Waals surface area contributed by atoms with Crippen LogP contribution in [0.15, 0.2) is 0 Å². The lowest BCUT2D eigenvalue weighted by Gasteiger charge is -2.23. The molecular formula is C11H22N2O2S. The zero-order valence-corrected chi connectivity index (χ0v) is 10.9. The Labute approximate surface area is 102 Å². The molecule has 1 aliphatic rings. The van der Waals surface area contributed by atoms with Gasteiger partial charge in [-0.15, -0.1) is 0 Å². The number of amides is 1. The highest BCUT2D eigenvalue weighted by Gasteiger charge is 2.16. The molecule has 2 N–H and O–H groups in total. The highest BCUT2D eigenvalue weighted by Crippen LogP contribution is 2.03. The van der Waals surface area contributed by atoms with Crippen molar-refractivity contribution in [2.24, 2.45) is 5.92 Å². The average Bonchev–Trinajstić information content (AvgIpc) is 2.28. The fraction of sp³-hybridized carbons (Fsp3) is 0.909. The molecule has 1 heterocycles. The molecule has 1 rings (SSSR count). The molecule has 94 valence electrons. The molecule has 1 fully saturated rings. The first-order valence-electron chi connectivity index (χ1n) is 5.79. The van der Waals surface area contributed by atoms with Gasteiger partial charge in [-0.2, -0.15) is 11.8 Å². The van der Waals surface area contributed by atoms with Crippen LogP contribution in [0.2, 0.25) is 0 Å². The van der Waals surface area contributed by atoms with Gasteiger partial charge in [0.05, 0.1) is 13.2 Å². The molecule has 5 heteroatoms. The number of hydrogen-bond acceptors (Lipinski definition) is 4. The molecule has 2 unspecified atom stereocenters. The highest BCUT2D eigenvalue weighted by molar-refractivity contribution is 7.98. The standard InChI is InChI=1S/C11H22N2O2S/c1-9(8-16-2)6-13-11(14)5-10-7-15-4-3-12-10/h9-10,12H,3-8H2,1-2H3,(H,13,14). The minimum absolute atomic E-state index is 0.121. The van der Waals surface area contributed by atoms with Crippen LogP contribution in [0.25, 0.3) is 0 Å². The lowest BCUT2D eigenvalue weighted by atomic mass is 10.1. The van der Waals surface area contributed by atoms with Gasteiger partial charge in [0.1, 0.15) is 0 Å². The molecule has 0 radical (unpaired) electrons. The summed E-state index contributed by atoms with van der Waals surface area (Å²) in [6, 6.07) is 0.185. The second-order valence-electron chi connectivity index (χ2n) is 4.29. The van der Waals surface area contributed by atoms with Crippen LogP contribution in [-0.2, 0) is 9.53 Å². The summed E-state index contributed by atoms with van der Waals surface area (Å²) in [6.45, 7) is 5.17. The van der Waals surface area contributed by atoms with Gasteiger partial charge in [0.25, 0.3) is 0 Å². The van der Waals surface area contributed by atoms with Crippen LogP contribution >= 0.6 is 11.8 Å². The quantitative estimate of drug-likeness (QED) is 0.716. The summed E-state index contributed by atoms with van der Waals surface area (Å²) in [6.07, 6.45) is 2.60. The Morgan fingerprint density at radius 2 is 2.50 bits per heavy atom.